The highest BCUT2D eigenvalue weighted by Crippen LogP contribution is 2.16. The summed E-state index contributed by atoms with van der Waals surface area (Å²) in [5.41, 5.74) is 2.07. The molecule has 76 valence electrons. The van der Waals surface area contributed by atoms with Crippen molar-refractivity contribution in [2.45, 2.75) is 13.8 Å². The van der Waals surface area contributed by atoms with Gasteiger partial charge < -0.3 is 11.0 Å². The van der Waals surface area contributed by atoms with Gasteiger partial charge in [-0.15, -0.1) is 0 Å². The molecule has 0 unspecified atom stereocenters. The lowest BCUT2D eigenvalue weighted by atomic mass is 9.89. The summed E-state index contributed by atoms with van der Waals surface area (Å²) in [7, 11) is 5.52. The van der Waals surface area contributed by atoms with Gasteiger partial charge in [0, 0.05) is 11.6 Å². The van der Waals surface area contributed by atoms with E-state index in [4.69, 9.17) is 7.85 Å². The monoisotopic (exact) mass is 197 g/mol. The smallest absolute Gasteiger partial charge is 0.271 e. The third-order valence-electron chi connectivity index (χ3n) is 1.78. The molecule has 4 N–H and O–H groups in total. The maximum absolute atomic E-state index is 10.4. The molecule has 0 saturated carbocycles. The number of hydrogen-bond donors (Lipinski definition) is 0. The Balaban J connectivity index is 0. The van der Waals surface area contributed by atoms with Crippen molar-refractivity contribution < 1.29 is 15.9 Å². The van der Waals surface area contributed by atoms with E-state index in [2.05, 4.69) is 0 Å². The Kier molecular flexibility index (Phi) is 5.78. The van der Waals surface area contributed by atoms with Crippen LogP contribution in [0.3, 0.4) is 0 Å². The Morgan fingerprint density at radius 2 is 1.71 bits per heavy atom. The Labute approximate surface area is 82.9 Å². The molecule has 0 aliphatic rings. The quantitative estimate of drug-likeness (QED) is 0.339. The highest BCUT2D eigenvalue weighted by Gasteiger charge is 2.10. The van der Waals surface area contributed by atoms with Gasteiger partial charge >= 0.3 is 0 Å². The van der Waals surface area contributed by atoms with Crippen molar-refractivity contribution in [1.82, 2.24) is 0 Å². The van der Waals surface area contributed by atoms with Gasteiger partial charge in [-0.1, -0.05) is 17.1 Å². The second-order valence-electron chi connectivity index (χ2n) is 2.75. The minimum atomic E-state index is -0.425. The van der Waals surface area contributed by atoms with E-state index in [1.165, 1.54) is 6.07 Å². The van der Waals surface area contributed by atoms with E-state index in [1.807, 2.05) is 6.92 Å². The maximum Gasteiger partial charge on any atom is 0.271 e. The molecule has 0 atom stereocenters. The van der Waals surface area contributed by atoms with Gasteiger partial charge in [-0.25, -0.2) is 0 Å². The SMILES string of the molecule is O.O.[B]c1cc([N+](=O)[O-])c(C)cc1C. The standard InChI is InChI=1S/C8H8BNO2.2H2O/c1-5-3-6(2)8(10(11)12)4-7(5)9;;/h3-4H,1-2H3;2*1H2. The molecule has 2 radical (unpaired) electrons. The van der Waals surface area contributed by atoms with E-state index in [0.29, 0.717) is 11.0 Å². The third kappa shape index (κ3) is 2.83. The number of nitro groups is 1. The molecule has 0 aliphatic carbocycles. The zero-order chi connectivity index (χ0) is 9.30. The number of hydrogen-bond acceptors (Lipinski definition) is 2. The average molecular weight is 197 g/mol. The fraction of sp³-hybridized carbons (Fsp3) is 0.250. The van der Waals surface area contributed by atoms with Gasteiger partial charge in [0.2, 0.25) is 0 Å². The molecule has 6 heteroatoms. The fourth-order valence-electron chi connectivity index (χ4n) is 1.05. The van der Waals surface area contributed by atoms with Crippen LogP contribution in [0.1, 0.15) is 11.1 Å². The summed E-state index contributed by atoms with van der Waals surface area (Å²) in [5, 5.41) is 10.4. The van der Waals surface area contributed by atoms with Crippen molar-refractivity contribution >= 4 is 19.0 Å². The molecule has 1 aromatic rings. The first kappa shape index (κ1) is 15.1. The van der Waals surface area contributed by atoms with Gasteiger partial charge in [0.15, 0.2) is 0 Å². The van der Waals surface area contributed by atoms with Gasteiger partial charge in [0.1, 0.15) is 7.85 Å². The molecule has 1 aromatic carbocycles. The van der Waals surface area contributed by atoms with Crippen molar-refractivity contribution in [2.75, 3.05) is 0 Å². The number of nitro benzene ring substituents is 1. The van der Waals surface area contributed by atoms with E-state index in [9.17, 15) is 10.1 Å². The number of aryl methyl sites for hydroxylation is 2. The van der Waals surface area contributed by atoms with Gasteiger partial charge in [-0.3, -0.25) is 10.1 Å². The van der Waals surface area contributed by atoms with Crippen molar-refractivity contribution in [3.63, 3.8) is 0 Å². The van der Waals surface area contributed by atoms with Crippen LogP contribution in [-0.4, -0.2) is 23.7 Å². The first-order valence-electron chi connectivity index (χ1n) is 3.53. The molecule has 0 heterocycles. The molecule has 0 aliphatic heterocycles. The van der Waals surface area contributed by atoms with Crippen LogP contribution in [0.2, 0.25) is 0 Å². The maximum atomic E-state index is 10.4. The molecule has 0 fully saturated rings. The molecule has 1 rings (SSSR count). The summed E-state index contributed by atoms with van der Waals surface area (Å²) >= 11 is 0. The average Bonchev–Trinajstić information content (AvgIpc) is 1.96. The minimum Gasteiger partial charge on any atom is -0.412 e. The third-order valence-corrected chi connectivity index (χ3v) is 1.78. The zero-order valence-electron chi connectivity index (χ0n) is 8.00. The second-order valence-corrected chi connectivity index (χ2v) is 2.75. The highest BCUT2D eigenvalue weighted by molar-refractivity contribution is 6.33. The summed E-state index contributed by atoms with van der Waals surface area (Å²) < 4.78 is 0. The van der Waals surface area contributed by atoms with Crippen molar-refractivity contribution in [3.05, 3.63) is 33.4 Å². The predicted molar refractivity (Wildman–Crippen MR) is 55.2 cm³/mol. The summed E-state index contributed by atoms with van der Waals surface area (Å²) in [5.74, 6) is 0. The van der Waals surface area contributed by atoms with Crippen LogP contribution < -0.4 is 5.46 Å². The Morgan fingerprint density at radius 3 is 2.14 bits per heavy atom. The number of rotatable bonds is 1. The molecule has 0 amide bonds. The minimum absolute atomic E-state index is 0. The van der Waals surface area contributed by atoms with Crippen LogP contribution in [-0.2, 0) is 0 Å². The lowest BCUT2D eigenvalue weighted by Gasteiger charge is -2.02. The summed E-state index contributed by atoms with van der Waals surface area (Å²) in [4.78, 5) is 10.0. The number of nitrogens with zero attached hydrogens (tertiary/aromatic N) is 1. The van der Waals surface area contributed by atoms with E-state index in [0.717, 1.165) is 5.56 Å². The largest absolute Gasteiger partial charge is 0.412 e. The van der Waals surface area contributed by atoms with Crippen LogP contribution in [0, 0.1) is 24.0 Å². The van der Waals surface area contributed by atoms with Gasteiger partial charge in [0.05, 0.1) is 4.92 Å². The van der Waals surface area contributed by atoms with Crippen molar-refractivity contribution in [3.8, 4) is 0 Å². The molecular weight excluding hydrogens is 185 g/mol. The van der Waals surface area contributed by atoms with Crippen LogP contribution in [0.25, 0.3) is 0 Å². The predicted octanol–water partition coefficient (Wildman–Crippen LogP) is -0.644. The van der Waals surface area contributed by atoms with Crippen LogP contribution in [0.15, 0.2) is 12.1 Å². The molecule has 0 bridgehead atoms. The van der Waals surface area contributed by atoms with Crippen LogP contribution in [0.4, 0.5) is 5.69 Å². The van der Waals surface area contributed by atoms with Crippen LogP contribution in [0.5, 0.6) is 0 Å². The van der Waals surface area contributed by atoms with Crippen LogP contribution >= 0.6 is 0 Å². The van der Waals surface area contributed by atoms with Crippen molar-refractivity contribution in [2.24, 2.45) is 0 Å². The molecular formula is C8H12BNO4. The Hall–Kier alpha value is -1.40. The molecule has 14 heavy (non-hydrogen) atoms. The number of benzene rings is 1. The lowest BCUT2D eigenvalue weighted by Crippen LogP contribution is -2.09. The van der Waals surface area contributed by atoms with E-state index in [-0.39, 0.29) is 16.6 Å². The lowest BCUT2D eigenvalue weighted by molar-refractivity contribution is -0.385. The van der Waals surface area contributed by atoms with Gasteiger partial charge in [-0.05, 0) is 13.8 Å². The van der Waals surface area contributed by atoms with E-state index in [1.54, 1.807) is 13.0 Å². The van der Waals surface area contributed by atoms with Gasteiger partial charge in [-0.2, -0.15) is 0 Å². The van der Waals surface area contributed by atoms with Crippen molar-refractivity contribution in [1.29, 1.82) is 0 Å². The first-order valence-corrected chi connectivity index (χ1v) is 3.53. The van der Waals surface area contributed by atoms with E-state index < -0.39 is 4.92 Å². The Bertz CT molecular complexity index is 340. The summed E-state index contributed by atoms with van der Waals surface area (Å²) in [6, 6.07) is 3.11. The second kappa shape index (κ2) is 5.36. The molecule has 0 aromatic heterocycles. The van der Waals surface area contributed by atoms with E-state index >= 15 is 0 Å². The Morgan fingerprint density at radius 1 is 1.21 bits per heavy atom. The fourth-order valence-corrected chi connectivity index (χ4v) is 1.05. The molecule has 0 saturated heterocycles. The topological polar surface area (TPSA) is 106 Å². The molecule has 5 nitrogen and oxygen atoms in total. The summed E-state index contributed by atoms with van der Waals surface area (Å²) in [6.07, 6.45) is 0. The first-order chi connectivity index (χ1) is 5.52. The summed E-state index contributed by atoms with van der Waals surface area (Å²) in [6.45, 7) is 3.52. The zero-order valence-corrected chi connectivity index (χ0v) is 8.00. The van der Waals surface area contributed by atoms with Gasteiger partial charge in [0.25, 0.3) is 5.69 Å². The normalized spacial score (nSPS) is 8.43. The highest BCUT2D eigenvalue weighted by atomic mass is 16.6. The molecule has 0 spiro atoms.